The minimum Gasteiger partial charge on any atom is -0.493 e. The van der Waals surface area contributed by atoms with Gasteiger partial charge in [-0.3, -0.25) is 19.2 Å². The molecule has 10 aromatic carbocycles. The molecule has 0 radical (unpaired) electrons. The molecule has 16 rings (SSSR count). The van der Waals surface area contributed by atoms with Gasteiger partial charge in [0.25, 0.3) is 23.6 Å². The average molecular weight is 1750 g/mol. The van der Waals surface area contributed by atoms with Crippen molar-refractivity contribution in [2.45, 2.75) is 139 Å². The quantitative estimate of drug-likeness (QED) is 0.0234. The predicted molar refractivity (Wildman–Crippen MR) is 504 cm³/mol. The Bertz CT molecular complexity index is 5710. The van der Waals surface area contributed by atoms with E-state index in [-0.39, 0.29) is 89.4 Å². The minimum absolute atomic E-state index is 0.0146. The lowest BCUT2D eigenvalue weighted by Crippen LogP contribution is -2.39. The van der Waals surface area contributed by atoms with Crippen LogP contribution in [0, 0.1) is 0 Å². The van der Waals surface area contributed by atoms with Gasteiger partial charge < -0.3 is 79.6 Å². The Kier molecular flexibility index (Phi) is 25.4. The molecule has 0 unspecified atom stereocenters. The topological polar surface area (TPSA) is 231 Å². The van der Waals surface area contributed by atoms with Gasteiger partial charge in [0, 0.05) is 116 Å². The second-order valence-electron chi connectivity index (χ2n) is 33.0. The van der Waals surface area contributed by atoms with E-state index in [1.54, 1.807) is 86.4 Å². The molecule has 6 N–H and O–H groups in total. The van der Waals surface area contributed by atoms with E-state index in [4.69, 9.17) is 49.4 Å². The number of nitrogen functional groups attached to an aromatic ring is 2. The van der Waals surface area contributed by atoms with Crippen LogP contribution in [-0.4, -0.2) is 123 Å². The van der Waals surface area contributed by atoms with Gasteiger partial charge in [-0.05, 0) is 219 Å². The molecule has 4 atom stereocenters. The highest BCUT2D eigenvalue weighted by atomic mass is 33.1. The molecule has 0 aliphatic carbocycles. The Morgan fingerprint density at radius 3 is 1.20 bits per heavy atom. The summed E-state index contributed by atoms with van der Waals surface area (Å²) >= 11 is 3.75. The highest BCUT2D eigenvalue weighted by molar-refractivity contribution is 8.77. The molecule has 634 valence electrons. The summed E-state index contributed by atoms with van der Waals surface area (Å²) in [5.41, 5.74) is 32.9. The van der Waals surface area contributed by atoms with Crippen LogP contribution in [0.15, 0.2) is 170 Å². The number of carbonyl (C=O) groups is 4. The maximum Gasteiger partial charge on any atom is 0.260 e. The summed E-state index contributed by atoms with van der Waals surface area (Å²) in [5.74, 6) is 6.21. The number of fused-ring (bicyclic) bond motifs is 10. The number of nitrogens with two attached hydrogens (primary N) is 2. The molecule has 20 nitrogen and oxygen atoms in total. The zero-order valence-electron chi connectivity index (χ0n) is 70.7. The smallest absolute Gasteiger partial charge is 0.260 e. The Balaban J connectivity index is 0.580. The number of para-hydroxylation sites is 2. The van der Waals surface area contributed by atoms with Crippen molar-refractivity contribution in [3.05, 3.63) is 248 Å². The molecule has 0 fully saturated rings. The van der Waals surface area contributed by atoms with Crippen LogP contribution in [0.5, 0.6) is 46.0 Å². The summed E-state index contributed by atoms with van der Waals surface area (Å²) in [6.07, 6.45) is 7.02. The van der Waals surface area contributed by atoms with E-state index in [2.05, 4.69) is 124 Å². The largest absolute Gasteiger partial charge is 0.493 e. The molecular formula is C96H102N8O12S6. The summed E-state index contributed by atoms with van der Waals surface area (Å²) in [6.45, 7) is 15.0. The summed E-state index contributed by atoms with van der Waals surface area (Å²) in [7, 11) is 13.6. The van der Waals surface area contributed by atoms with E-state index in [9.17, 15) is 14.4 Å². The summed E-state index contributed by atoms with van der Waals surface area (Å²) in [5, 5.41) is 7.18. The van der Waals surface area contributed by atoms with E-state index in [0.717, 1.165) is 125 Å². The Labute approximate surface area is 738 Å². The third-order valence-corrected chi connectivity index (χ3v) is 31.6. The zero-order valence-corrected chi connectivity index (χ0v) is 75.6. The lowest BCUT2D eigenvalue weighted by atomic mass is 9.98. The van der Waals surface area contributed by atoms with Gasteiger partial charge in [-0.1, -0.05) is 116 Å². The molecule has 4 amide bonds. The number of ether oxygens (including phenoxy) is 8. The van der Waals surface area contributed by atoms with Gasteiger partial charge in [0.05, 0.1) is 74.2 Å². The molecule has 0 aromatic heterocycles. The third-order valence-electron chi connectivity index (χ3n) is 23.1. The normalized spacial score (nSPS) is 16.7. The van der Waals surface area contributed by atoms with Crippen molar-refractivity contribution in [3.63, 3.8) is 0 Å². The molecule has 26 heteroatoms. The number of nitrogens with zero attached hydrogens (tertiary/aromatic N) is 4. The molecular weight excluding hydrogens is 1650 g/mol. The molecule has 6 aliphatic heterocycles. The molecule has 0 saturated carbocycles. The minimum atomic E-state index is -0.251. The summed E-state index contributed by atoms with van der Waals surface area (Å²) < 4.78 is 50.3. The molecule has 10 aromatic rings. The molecule has 122 heavy (non-hydrogen) atoms. The summed E-state index contributed by atoms with van der Waals surface area (Å²) in [6, 6.07) is 55.0. The predicted octanol–water partition coefficient (Wildman–Crippen LogP) is 20.1. The number of benzene rings is 10. The van der Waals surface area contributed by atoms with Crippen molar-refractivity contribution >= 4 is 136 Å². The van der Waals surface area contributed by atoms with E-state index >= 15 is 4.79 Å². The maximum absolute atomic E-state index is 15.0. The number of carbonyl (C=O) groups excluding carboxylic acids is 4. The number of rotatable bonds is 31. The Morgan fingerprint density at radius 1 is 0.418 bits per heavy atom. The van der Waals surface area contributed by atoms with Crippen LogP contribution in [0.3, 0.4) is 0 Å². The van der Waals surface area contributed by atoms with Gasteiger partial charge in [0.2, 0.25) is 0 Å². The van der Waals surface area contributed by atoms with Crippen LogP contribution in [0.4, 0.5) is 45.5 Å². The monoisotopic (exact) mass is 1750 g/mol. The number of anilines is 8. The van der Waals surface area contributed by atoms with Gasteiger partial charge in [0.1, 0.15) is 26.4 Å². The SMILES string of the molecule is COc1cc(C(=O)N2c3ccccc3C[C@H]2C)c(N)cc1OCc1cc(COc2cc3c(cc2OC)C(=O)N2c4ccc(-c5ccc6c(c5)C[C@@H](C)N6C(=O)c5cc(OC)c(OCc6cc(COc7cc8c(cc7OC)C(=O)N7c9ccccc9C[C@H]7CN8)cc(CSCC(C)(C)SSC)c6)cc5N)cc4C[C@H]2CN3)cc(CSCC(C)(C)SSC)c1. The van der Waals surface area contributed by atoms with Crippen LogP contribution < -0.4 is 79.6 Å². The fourth-order valence-electron chi connectivity index (χ4n) is 17.5. The second-order valence-corrected chi connectivity index (χ2v) is 41.2. The highest BCUT2D eigenvalue weighted by Crippen LogP contribution is 2.48. The fraction of sp³-hybridized carbons (Fsp3) is 0.333. The van der Waals surface area contributed by atoms with Crippen molar-refractivity contribution in [3.8, 4) is 57.1 Å². The molecule has 0 saturated heterocycles. The molecule has 0 spiro atoms. The van der Waals surface area contributed by atoms with Crippen molar-refractivity contribution in [2.75, 3.05) is 107 Å². The molecule has 6 heterocycles. The van der Waals surface area contributed by atoms with Crippen LogP contribution >= 0.6 is 66.7 Å². The highest BCUT2D eigenvalue weighted by Gasteiger charge is 2.42. The van der Waals surface area contributed by atoms with E-state index < -0.39 is 0 Å². The van der Waals surface area contributed by atoms with Crippen LogP contribution in [0.1, 0.15) is 139 Å². The zero-order chi connectivity index (χ0) is 85.4. The standard InChI is InChI=1S/C96H102N8O12S6/c1-55-25-65-17-13-15-19-79(65)101(55)91(105)71-37-83(109-7)87(41-75(71)97)113-47-57-27-60(32-61(29-57)51-119-53-95(3,4)121-117-11)50-116-90-44-78-74(40-86(90)112-10)94(108)104-70(46-100-78)36-68-34-64(22-24-82(68)104)63-21-23-81-67(33-63)26-56(2)102(81)92(106)72-38-84(110-8)88(42-76(72)98)114-48-58-28-59(31-62(30-58)52-120-54-96(5,6)122-118-12)49-115-89-43-77-73(39-85(89)111-9)93(107)103-69(45-99-77)35-66-18-14-16-20-80(66)103/h13-24,27-34,37-44,55-56,69-70,99-100H,25-26,35-36,45-54,97-98H2,1-12H3/t55-,56-,69+,70+/m1/s1. The van der Waals surface area contributed by atoms with Gasteiger partial charge in [-0.2, -0.15) is 23.5 Å². The third kappa shape index (κ3) is 17.8. The first kappa shape index (κ1) is 85.3. The lowest BCUT2D eigenvalue weighted by Gasteiger charge is -2.24. The number of nitrogens with one attached hydrogen (secondary N) is 2. The number of methoxy groups -OCH3 is 4. The molecule has 0 bridgehead atoms. The number of hydrogen-bond donors (Lipinski definition) is 4. The first-order chi connectivity index (χ1) is 58.9. The van der Waals surface area contributed by atoms with Crippen molar-refractivity contribution in [1.29, 1.82) is 0 Å². The van der Waals surface area contributed by atoms with Gasteiger partial charge in [-0.15, -0.1) is 0 Å². The summed E-state index contributed by atoms with van der Waals surface area (Å²) in [4.78, 5) is 65.9. The van der Waals surface area contributed by atoms with Gasteiger partial charge in [-0.25, -0.2) is 0 Å². The average Bonchev–Trinajstić information content (AvgIpc) is 1.61. The number of hydrogen-bond acceptors (Lipinski definition) is 22. The molecule has 6 aliphatic rings. The van der Waals surface area contributed by atoms with Crippen molar-refractivity contribution in [1.82, 2.24) is 0 Å². The van der Waals surface area contributed by atoms with Crippen LogP contribution in [0.25, 0.3) is 11.1 Å². The Morgan fingerprint density at radius 2 is 0.770 bits per heavy atom. The van der Waals surface area contributed by atoms with Gasteiger partial charge >= 0.3 is 0 Å². The van der Waals surface area contributed by atoms with E-state index in [1.807, 2.05) is 139 Å². The number of thioether (sulfide) groups is 2. The first-order valence-electron chi connectivity index (χ1n) is 40.9. The fourth-order valence-corrected chi connectivity index (χ4v) is 24.9. The van der Waals surface area contributed by atoms with Crippen molar-refractivity contribution in [2.24, 2.45) is 0 Å². The first-order valence-corrected chi connectivity index (χ1v) is 48.3. The van der Waals surface area contributed by atoms with Crippen LogP contribution in [0.2, 0.25) is 0 Å². The van der Waals surface area contributed by atoms with Crippen LogP contribution in [-0.2, 0) is 63.6 Å². The maximum atomic E-state index is 15.0. The Hall–Kier alpha value is -10.2. The number of amides is 4. The lowest BCUT2D eigenvalue weighted by molar-refractivity contribution is 0.0973. The van der Waals surface area contributed by atoms with Gasteiger partial charge in [0.15, 0.2) is 46.0 Å². The second kappa shape index (κ2) is 36.3. The van der Waals surface area contributed by atoms with Crippen molar-refractivity contribution < 1.29 is 57.1 Å². The van der Waals surface area contributed by atoms with E-state index in [0.29, 0.717) is 111 Å². The van der Waals surface area contributed by atoms with E-state index in [1.165, 1.54) is 0 Å².